The van der Waals surface area contributed by atoms with Gasteiger partial charge in [-0.15, -0.1) is 0 Å². The molecule has 51 heavy (non-hydrogen) atoms. The van der Waals surface area contributed by atoms with E-state index in [4.69, 9.17) is 18.9 Å². The minimum atomic E-state index is -0.963. The fourth-order valence-electron chi connectivity index (χ4n) is 5.68. The minimum absolute atomic E-state index is 0.0704. The van der Waals surface area contributed by atoms with E-state index in [9.17, 15) is 14.4 Å². The number of anilines is 3. The van der Waals surface area contributed by atoms with E-state index < -0.39 is 23.7 Å². The van der Waals surface area contributed by atoms with E-state index in [0.717, 1.165) is 48.0 Å². The predicted octanol–water partition coefficient (Wildman–Crippen LogP) is 7.44. The number of alkyl carbamates (subject to hydrolysis) is 1. The lowest BCUT2D eigenvalue weighted by Gasteiger charge is -2.24. The number of nitrogens with one attached hydrogen (secondary N) is 3. The Kier molecular flexibility index (Phi) is 12.1. The van der Waals surface area contributed by atoms with Crippen molar-refractivity contribution < 1.29 is 33.3 Å². The summed E-state index contributed by atoms with van der Waals surface area (Å²) in [5, 5.41) is 9.80. The van der Waals surface area contributed by atoms with Crippen molar-refractivity contribution in [3.63, 3.8) is 0 Å². The number of carbonyl (C=O) groups is 3. The smallest absolute Gasteiger partial charge is 0.408 e. The summed E-state index contributed by atoms with van der Waals surface area (Å²) in [5.74, 6) is 0.152. The van der Waals surface area contributed by atoms with E-state index in [1.54, 1.807) is 65.5 Å². The molecule has 2 amide bonds. The van der Waals surface area contributed by atoms with E-state index >= 15 is 0 Å². The zero-order chi connectivity index (χ0) is 36.4. The van der Waals surface area contributed by atoms with Crippen LogP contribution in [0.3, 0.4) is 0 Å². The van der Waals surface area contributed by atoms with Crippen molar-refractivity contribution >= 4 is 52.1 Å². The number of benzene rings is 3. The third-order valence-corrected chi connectivity index (χ3v) is 8.12. The molecule has 3 N–H and O–H groups in total. The van der Waals surface area contributed by atoms with Gasteiger partial charge in [-0.3, -0.25) is 14.8 Å². The van der Waals surface area contributed by atoms with Gasteiger partial charge in [0.15, 0.2) is 11.5 Å². The molecular weight excluding hydrogens is 650 g/mol. The largest absolute Gasteiger partial charge is 0.493 e. The van der Waals surface area contributed by atoms with Crippen molar-refractivity contribution in [3.8, 4) is 11.5 Å². The molecule has 1 saturated carbocycles. The second kappa shape index (κ2) is 16.8. The van der Waals surface area contributed by atoms with Crippen LogP contribution >= 0.6 is 0 Å². The second-order valence-electron chi connectivity index (χ2n) is 13.2. The molecule has 12 nitrogen and oxygen atoms in total. The van der Waals surface area contributed by atoms with Crippen LogP contribution in [0.2, 0.25) is 0 Å². The van der Waals surface area contributed by atoms with Gasteiger partial charge in [0.05, 0.1) is 24.9 Å². The number of amides is 2. The van der Waals surface area contributed by atoms with Gasteiger partial charge in [0.1, 0.15) is 17.7 Å². The number of fused-ring (bicyclic) bond motifs is 1. The van der Waals surface area contributed by atoms with Crippen molar-refractivity contribution in [2.24, 2.45) is 4.99 Å². The van der Waals surface area contributed by atoms with Crippen molar-refractivity contribution in [3.05, 3.63) is 84.1 Å². The standard InChI is InChI=1S/C39H45N5O7/c1-39(2,3)51-38(47)44-31(37(46)50-29-13-9-10-14-29)19-20-49-34-22-32-30(21-33(34)48-5)35(26(23-40-4)24-41-32)42-27-15-17-28(18-16-27)43-36(45)25-11-7-6-8-12-25/h6-8,11-12,15-18,21-24,29,31H,9-10,13-14,19-20H2,1-5H3,(H,41,42)(H,43,45)(H,44,47)/t31-/m0/s1. The highest BCUT2D eigenvalue weighted by Gasteiger charge is 2.29. The highest BCUT2D eigenvalue weighted by atomic mass is 16.6. The molecule has 1 heterocycles. The molecule has 1 atom stereocenters. The normalized spacial score (nSPS) is 13.8. The molecule has 0 saturated heterocycles. The molecule has 3 aromatic carbocycles. The third kappa shape index (κ3) is 10.2. The monoisotopic (exact) mass is 695 g/mol. The number of hydrogen-bond donors (Lipinski definition) is 3. The number of hydrogen-bond acceptors (Lipinski definition) is 10. The summed E-state index contributed by atoms with van der Waals surface area (Å²) in [6.45, 7) is 5.34. The van der Waals surface area contributed by atoms with Gasteiger partial charge >= 0.3 is 12.1 Å². The van der Waals surface area contributed by atoms with Gasteiger partial charge < -0.3 is 34.9 Å². The summed E-state index contributed by atoms with van der Waals surface area (Å²) >= 11 is 0. The Morgan fingerprint density at radius 2 is 1.69 bits per heavy atom. The third-order valence-electron chi connectivity index (χ3n) is 8.12. The van der Waals surface area contributed by atoms with Crippen LogP contribution in [0.15, 0.2) is 77.9 Å². The van der Waals surface area contributed by atoms with Crippen molar-refractivity contribution in [1.82, 2.24) is 10.3 Å². The number of methoxy groups -OCH3 is 1. The summed E-state index contributed by atoms with van der Waals surface area (Å²) in [6.07, 6.45) is 6.33. The van der Waals surface area contributed by atoms with Gasteiger partial charge in [-0.25, -0.2) is 9.59 Å². The van der Waals surface area contributed by atoms with Crippen LogP contribution in [0.1, 0.15) is 68.8 Å². The lowest BCUT2D eigenvalue weighted by atomic mass is 10.1. The molecule has 0 bridgehead atoms. The van der Waals surface area contributed by atoms with E-state index in [2.05, 4.69) is 25.9 Å². The summed E-state index contributed by atoms with van der Waals surface area (Å²) in [7, 11) is 3.23. The number of esters is 1. The highest BCUT2D eigenvalue weighted by Crippen LogP contribution is 2.37. The number of nitrogens with zero attached hydrogens (tertiary/aromatic N) is 2. The number of rotatable bonds is 13. The summed E-state index contributed by atoms with van der Waals surface area (Å²) in [5.41, 5.74) is 3.39. The highest BCUT2D eigenvalue weighted by molar-refractivity contribution is 6.05. The Morgan fingerprint density at radius 3 is 2.35 bits per heavy atom. The van der Waals surface area contributed by atoms with Gasteiger partial charge in [-0.2, -0.15) is 0 Å². The van der Waals surface area contributed by atoms with E-state index in [1.807, 2.05) is 48.5 Å². The molecule has 1 aliphatic rings. The summed E-state index contributed by atoms with van der Waals surface area (Å²) < 4.78 is 23.0. The quantitative estimate of drug-likeness (QED) is 0.0958. The van der Waals surface area contributed by atoms with Gasteiger partial charge in [-0.05, 0) is 88.9 Å². The second-order valence-corrected chi connectivity index (χ2v) is 13.2. The van der Waals surface area contributed by atoms with Crippen LogP contribution < -0.4 is 25.4 Å². The lowest BCUT2D eigenvalue weighted by molar-refractivity contribution is -0.151. The number of aromatic nitrogens is 1. The molecule has 0 spiro atoms. The van der Waals surface area contributed by atoms with Crippen molar-refractivity contribution in [2.75, 3.05) is 31.4 Å². The van der Waals surface area contributed by atoms with Crippen LogP contribution in [0.25, 0.3) is 10.9 Å². The molecule has 4 aromatic rings. The Bertz CT molecular complexity index is 1850. The SMILES string of the molecule is CN=Cc1cnc2cc(OCC[C@H](NC(=O)OC(C)(C)C)C(=O)OC3CCCC3)c(OC)cc2c1Nc1ccc(NC(=O)c2ccccc2)cc1. The first-order valence-electron chi connectivity index (χ1n) is 17.0. The first-order chi connectivity index (χ1) is 24.5. The summed E-state index contributed by atoms with van der Waals surface area (Å²) in [6, 6.07) is 19.0. The first-order valence-corrected chi connectivity index (χ1v) is 17.0. The Hall–Kier alpha value is -5.65. The Labute approximate surface area is 297 Å². The van der Waals surface area contributed by atoms with Crippen molar-refractivity contribution in [1.29, 1.82) is 0 Å². The van der Waals surface area contributed by atoms with Crippen molar-refractivity contribution in [2.45, 2.75) is 70.6 Å². The van der Waals surface area contributed by atoms with Gasteiger partial charge in [0, 0.05) is 59.8 Å². The average molecular weight is 696 g/mol. The summed E-state index contributed by atoms with van der Waals surface area (Å²) in [4.78, 5) is 47.2. The fraction of sp³-hybridized carbons (Fsp3) is 0.359. The van der Waals surface area contributed by atoms with E-state index in [0.29, 0.717) is 28.3 Å². The predicted molar refractivity (Wildman–Crippen MR) is 198 cm³/mol. The zero-order valence-corrected chi connectivity index (χ0v) is 29.7. The molecule has 1 fully saturated rings. The van der Waals surface area contributed by atoms with Gasteiger partial charge in [0.25, 0.3) is 5.91 Å². The average Bonchev–Trinajstić information content (AvgIpc) is 3.62. The molecule has 1 aromatic heterocycles. The fourth-order valence-corrected chi connectivity index (χ4v) is 5.68. The maximum absolute atomic E-state index is 13.1. The number of pyridine rings is 1. The number of carbonyl (C=O) groups excluding carboxylic acids is 3. The number of ether oxygens (including phenoxy) is 4. The molecule has 0 radical (unpaired) electrons. The molecule has 0 unspecified atom stereocenters. The molecule has 12 heteroatoms. The van der Waals surface area contributed by atoms with Gasteiger partial charge in [0.2, 0.25) is 0 Å². The van der Waals surface area contributed by atoms with E-state index in [-0.39, 0.29) is 25.0 Å². The maximum Gasteiger partial charge on any atom is 0.408 e. The molecule has 268 valence electrons. The Balaban J connectivity index is 1.32. The minimum Gasteiger partial charge on any atom is -0.493 e. The lowest BCUT2D eigenvalue weighted by Crippen LogP contribution is -2.45. The topological polar surface area (TPSA) is 149 Å². The maximum atomic E-state index is 13.1. The zero-order valence-electron chi connectivity index (χ0n) is 29.7. The van der Waals surface area contributed by atoms with Crippen LogP contribution in [-0.4, -0.2) is 67.7 Å². The van der Waals surface area contributed by atoms with Crippen LogP contribution in [0.4, 0.5) is 21.9 Å². The molecule has 0 aliphatic heterocycles. The molecule has 1 aliphatic carbocycles. The molecule has 5 rings (SSSR count). The van der Waals surface area contributed by atoms with Crippen LogP contribution in [-0.2, 0) is 14.3 Å². The van der Waals surface area contributed by atoms with E-state index in [1.165, 1.54) is 0 Å². The first kappa shape index (κ1) is 36.6. The van der Waals surface area contributed by atoms with Gasteiger partial charge in [-0.1, -0.05) is 18.2 Å². The number of aliphatic imine (C=N–C) groups is 1. The van der Waals surface area contributed by atoms with Crippen LogP contribution in [0.5, 0.6) is 11.5 Å². The molecular formula is C39H45N5O7. The van der Waals surface area contributed by atoms with Crippen LogP contribution in [0, 0.1) is 0 Å². The Morgan fingerprint density at radius 1 is 0.980 bits per heavy atom.